The van der Waals surface area contributed by atoms with Gasteiger partial charge in [0, 0.05) is 18.7 Å². The molecule has 90 valence electrons. The van der Waals surface area contributed by atoms with E-state index in [9.17, 15) is 4.79 Å². The molecule has 3 nitrogen and oxygen atoms in total. The molecule has 0 aliphatic carbocycles. The van der Waals surface area contributed by atoms with Gasteiger partial charge in [-0.15, -0.1) is 0 Å². The number of nitrogens with zero attached hydrogens (tertiary/aromatic N) is 2. The lowest BCUT2D eigenvalue weighted by molar-refractivity contribution is -0.122. The summed E-state index contributed by atoms with van der Waals surface area (Å²) in [4.78, 5) is 13.8. The van der Waals surface area contributed by atoms with Crippen molar-refractivity contribution in [2.75, 3.05) is 11.9 Å². The predicted molar refractivity (Wildman–Crippen MR) is 68.6 cm³/mol. The molecule has 0 unspecified atom stereocenters. The Bertz CT molecular complexity index is 430. The standard InChI is InChI=1S/C14H18N2O/c1-4-12(5-2)14(17)16(3)13-8-6-7-11(9-13)10-15/h6-9,12H,4-5H2,1-3H3. The molecule has 0 saturated heterocycles. The Hall–Kier alpha value is -1.82. The van der Waals surface area contributed by atoms with Gasteiger partial charge in [-0.1, -0.05) is 19.9 Å². The van der Waals surface area contributed by atoms with Crippen LogP contribution in [0.4, 0.5) is 5.69 Å². The van der Waals surface area contributed by atoms with Crippen LogP contribution in [0.25, 0.3) is 0 Å². The average molecular weight is 230 g/mol. The van der Waals surface area contributed by atoms with Crippen molar-refractivity contribution in [1.82, 2.24) is 0 Å². The number of carbonyl (C=O) groups is 1. The van der Waals surface area contributed by atoms with Gasteiger partial charge in [-0.25, -0.2) is 0 Å². The molecule has 0 saturated carbocycles. The SMILES string of the molecule is CCC(CC)C(=O)N(C)c1cccc(C#N)c1. The molecule has 0 N–H and O–H groups in total. The molecule has 0 heterocycles. The zero-order valence-corrected chi connectivity index (χ0v) is 10.6. The van der Waals surface area contributed by atoms with Gasteiger partial charge >= 0.3 is 0 Å². The highest BCUT2D eigenvalue weighted by Gasteiger charge is 2.19. The highest BCUT2D eigenvalue weighted by Crippen LogP contribution is 2.19. The van der Waals surface area contributed by atoms with Crippen molar-refractivity contribution in [2.45, 2.75) is 26.7 Å². The maximum atomic E-state index is 12.1. The first kappa shape index (κ1) is 13.2. The maximum absolute atomic E-state index is 12.1. The lowest BCUT2D eigenvalue weighted by Crippen LogP contribution is -2.32. The quantitative estimate of drug-likeness (QED) is 0.798. The fraction of sp³-hybridized carbons (Fsp3) is 0.429. The minimum Gasteiger partial charge on any atom is -0.315 e. The van der Waals surface area contributed by atoms with Crippen LogP contribution in [0.15, 0.2) is 24.3 Å². The van der Waals surface area contributed by atoms with E-state index in [4.69, 9.17) is 5.26 Å². The third-order valence-corrected chi connectivity index (χ3v) is 3.03. The lowest BCUT2D eigenvalue weighted by atomic mass is 10.0. The molecule has 0 spiro atoms. The molecule has 0 bridgehead atoms. The monoisotopic (exact) mass is 230 g/mol. The number of amides is 1. The van der Waals surface area contributed by atoms with Crippen LogP contribution in [-0.2, 0) is 4.79 Å². The zero-order valence-electron chi connectivity index (χ0n) is 10.6. The predicted octanol–water partition coefficient (Wildman–Crippen LogP) is 2.96. The van der Waals surface area contributed by atoms with Gasteiger partial charge in [-0.2, -0.15) is 5.26 Å². The van der Waals surface area contributed by atoms with E-state index < -0.39 is 0 Å². The van der Waals surface area contributed by atoms with Crippen molar-refractivity contribution in [3.05, 3.63) is 29.8 Å². The molecular formula is C14H18N2O. The number of anilines is 1. The summed E-state index contributed by atoms with van der Waals surface area (Å²) in [5.41, 5.74) is 1.35. The van der Waals surface area contributed by atoms with E-state index in [0.717, 1.165) is 18.5 Å². The van der Waals surface area contributed by atoms with E-state index in [1.165, 1.54) is 0 Å². The van der Waals surface area contributed by atoms with Crippen LogP contribution in [0.3, 0.4) is 0 Å². The number of hydrogen-bond donors (Lipinski definition) is 0. The van der Waals surface area contributed by atoms with Crippen molar-refractivity contribution >= 4 is 11.6 Å². The Morgan fingerprint density at radius 2 is 2.06 bits per heavy atom. The Kier molecular flexibility index (Phi) is 4.71. The first-order valence-electron chi connectivity index (χ1n) is 5.91. The van der Waals surface area contributed by atoms with Crippen LogP contribution in [0, 0.1) is 17.2 Å². The molecule has 17 heavy (non-hydrogen) atoms. The smallest absolute Gasteiger partial charge is 0.229 e. The van der Waals surface area contributed by atoms with E-state index in [-0.39, 0.29) is 11.8 Å². The molecule has 0 aliphatic heterocycles. The van der Waals surface area contributed by atoms with Gasteiger partial charge in [0.25, 0.3) is 0 Å². The molecule has 3 heteroatoms. The van der Waals surface area contributed by atoms with Gasteiger partial charge in [0.05, 0.1) is 11.6 Å². The second kappa shape index (κ2) is 6.05. The van der Waals surface area contributed by atoms with Crippen molar-refractivity contribution in [2.24, 2.45) is 5.92 Å². The maximum Gasteiger partial charge on any atom is 0.229 e. The summed E-state index contributed by atoms with van der Waals surface area (Å²) in [6.07, 6.45) is 1.69. The van der Waals surface area contributed by atoms with Gasteiger partial charge in [0.15, 0.2) is 0 Å². The molecule has 1 aromatic carbocycles. The van der Waals surface area contributed by atoms with E-state index in [2.05, 4.69) is 6.07 Å². The number of rotatable bonds is 4. The van der Waals surface area contributed by atoms with Gasteiger partial charge in [-0.3, -0.25) is 4.79 Å². The van der Waals surface area contributed by atoms with Crippen molar-refractivity contribution < 1.29 is 4.79 Å². The third kappa shape index (κ3) is 3.07. The highest BCUT2D eigenvalue weighted by atomic mass is 16.2. The molecule has 1 rings (SSSR count). The molecule has 0 atom stereocenters. The molecule has 1 aromatic rings. The largest absolute Gasteiger partial charge is 0.315 e. The Morgan fingerprint density at radius 1 is 1.41 bits per heavy atom. The minimum absolute atomic E-state index is 0.0609. The summed E-state index contributed by atoms with van der Waals surface area (Å²) in [7, 11) is 1.76. The van der Waals surface area contributed by atoms with E-state index in [0.29, 0.717) is 5.56 Å². The lowest BCUT2D eigenvalue weighted by Gasteiger charge is -2.22. The summed E-state index contributed by atoms with van der Waals surface area (Å²) < 4.78 is 0. The molecule has 0 radical (unpaired) electrons. The second-order valence-corrected chi connectivity index (χ2v) is 4.07. The topological polar surface area (TPSA) is 44.1 Å². The van der Waals surface area contributed by atoms with Crippen LogP contribution in [0.2, 0.25) is 0 Å². The van der Waals surface area contributed by atoms with Crippen LogP contribution in [0.5, 0.6) is 0 Å². The molecule has 0 fully saturated rings. The zero-order chi connectivity index (χ0) is 12.8. The number of hydrogen-bond acceptors (Lipinski definition) is 2. The Balaban J connectivity index is 2.92. The third-order valence-electron chi connectivity index (χ3n) is 3.03. The van der Waals surface area contributed by atoms with Crippen LogP contribution in [-0.4, -0.2) is 13.0 Å². The van der Waals surface area contributed by atoms with Gasteiger partial charge in [0.1, 0.15) is 0 Å². The van der Waals surface area contributed by atoms with E-state index >= 15 is 0 Å². The van der Waals surface area contributed by atoms with E-state index in [1.54, 1.807) is 30.1 Å². The first-order valence-corrected chi connectivity index (χ1v) is 5.91. The fourth-order valence-corrected chi connectivity index (χ4v) is 1.82. The summed E-state index contributed by atoms with van der Waals surface area (Å²) >= 11 is 0. The molecular weight excluding hydrogens is 212 g/mol. The Morgan fingerprint density at radius 3 is 2.59 bits per heavy atom. The number of nitriles is 1. The molecule has 0 aromatic heterocycles. The second-order valence-electron chi connectivity index (χ2n) is 4.07. The highest BCUT2D eigenvalue weighted by molar-refractivity contribution is 5.94. The molecule has 1 amide bonds. The number of benzene rings is 1. The average Bonchev–Trinajstić information content (AvgIpc) is 2.39. The molecule has 0 aliphatic rings. The van der Waals surface area contributed by atoms with Gasteiger partial charge in [0.2, 0.25) is 5.91 Å². The summed E-state index contributed by atoms with van der Waals surface area (Å²) in [5.74, 6) is 0.177. The normalized spacial score (nSPS) is 10.1. The van der Waals surface area contributed by atoms with E-state index in [1.807, 2.05) is 19.9 Å². The minimum atomic E-state index is 0.0609. The van der Waals surface area contributed by atoms with Crippen LogP contribution >= 0.6 is 0 Å². The van der Waals surface area contributed by atoms with Crippen molar-refractivity contribution in [1.29, 1.82) is 5.26 Å². The van der Waals surface area contributed by atoms with Crippen molar-refractivity contribution in [3.8, 4) is 6.07 Å². The summed E-state index contributed by atoms with van der Waals surface area (Å²) in [5, 5.41) is 8.83. The van der Waals surface area contributed by atoms with Crippen molar-refractivity contribution in [3.63, 3.8) is 0 Å². The van der Waals surface area contributed by atoms with Gasteiger partial charge in [-0.05, 0) is 31.0 Å². The Labute approximate surface area is 103 Å². The number of carbonyl (C=O) groups excluding carboxylic acids is 1. The first-order chi connectivity index (χ1) is 8.13. The van der Waals surface area contributed by atoms with Crippen LogP contribution < -0.4 is 4.90 Å². The summed E-state index contributed by atoms with van der Waals surface area (Å²) in [6, 6.07) is 9.20. The fourth-order valence-electron chi connectivity index (χ4n) is 1.82. The van der Waals surface area contributed by atoms with Crippen LogP contribution in [0.1, 0.15) is 32.3 Å². The summed E-state index contributed by atoms with van der Waals surface area (Å²) in [6.45, 7) is 4.04. The van der Waals surface area contributed by atoms with Gasteiger partial charge < -0.3 is 4.90 Å².